The lowest BCUT2D eigenvalue weighted by molar-refractivity contribution is 0.625. The lowest BCUT2D eigenvalue weighted by Gasteiger charge is -2.11. The van der Waals surface area contributed by atoms with Crippen LogP contribution in [0, 0.1) is 5.82 Å². The Hall–Kier alpha value is -1.15. The van der Waals surface area contributed by atoms with Gasteiger partial charge in [0, 0.05) is 13.1 Å². The van der Waals surface area contributed by atoms with E-state index in [9.17, 15) is 4.39 Å². The van der Waals surface area contributed by atoms with Gasteiger partial charge >= 0.3 is 0 Å². The summed E-state index contributed by atoms with van der Waals surface area (Å²) >= 11 is 1.68. The minimum Gasteiger partial charge on any atom is -0.357 e. The highest BCUT2D eigenvalue weighted by Crippen LogP contribution is 2.07. The average molecular weight is 433 g/mol. The van der Waals surface area contributed by atoms with Crippen LogP contribution in [0.5, 0.6) is 0 Å². The molecule has 0 amide bonds. The van der Waals surface area contributed by atoms with E-state index in [1.807, 2.05) is 13.0 Å². The monoisotopic (exact) mass is 433 g/mol. The Labute approximate surface area is 152 Å². The molecule has 120 valence electrons. The summed E-state index contributed by atoms with van der Waals surface area (Å²) in [5.74, 6) is 0.602. The van der Waals surface area contributed by atoms with Gasteiger partial charge in [0.2, 0.25) is 0 Å². The molecule has 0 spiro atoms. The van der Waals surface area contributed by atoms with Gasteiger partial charge in [0.05, 0.1) is 6.54 Å². The molecule has 0 aliphatic heterocycles. The molecular weight excluding hydrogens is 412 g/mol. The fourth-order valence-electron chi connectivity index (χ4n) is 1.91. The number of rotatable bonds is 6. The van der Waals surface area contributed by atoms with E-state index in [0.29, 0.717) is 6.54 Å². The number of nitrogens with zero attached hydrogens (tertiary/aromatic N) is 1. The molecule has 0 fully saturated rings. The zero-order chi connectivity index (χ0) is 14.9. The molecule has 0 aliphatic rings. The van der Waals surface area contributed by atoms with Gasteiger partial charge in [-0.3, -0.25) is 0 Å². The molecule has 0 radical (unpaired) electrons. The van der Waals surface area contributed by atoms with E-state index in [0.717, 1.165) is 31.0 Å². The Bertz CT molecular complexity index is 573. The first-order valence-electron chi connectivity index (χ1n) is 7.05. The first-order valence-corrected chi connectivity index (χ1v) is 8.00. The fourth-order valence-corrected chi connectivity index (χ4v) is 2.57. The zero-order valence-corrected chi connectivity index (χ0v) is 15.7. The Kier molecular flexibility index (Phi) is 9.07. The average Bonchev–Trinajstić information content (AvgIpc) is 2.98. The topological polar surface area (TPSA) is 36.4 Å². The minimum absolute atomic E-state index is 0. The summed E-state index contributed by atoms with van der Waals surface area (Å²) in [6.07, 6.45) is 0.765. The molecule has 0 saturated heterocycles. The predicted octanol–water partition coefficient (Wildman–Crippen LogP) is 3.80. The molecule has 6 heteroatoms. The Balaban J connectivity index is 0.00000242. The third-order valence-corrected chi connectivity index (χ3v) is 3.67. The molecular formula is C16H21FIN3S. The van der Waals surface area contributed by atoms with Crippen molar-refractivity contribution in [2.75, 3.05) is 13.1 Å². The maximum absolute atomic E-state index is 13.1. The van der Waals surface area contributed by atoms with E-state index in [1.165, 1.54) is 11.6 Å². The van der Waals surface area contributed by atoms with Crippen LogP contribution in [0.4, 0.5) is 4.39 Å². The fraction of sp³-hybridized carbons (Fsp3) is 0.312. The van der Waals surface area contributed by atoms with Crippen molar-refractivity contribution in [3.63, 3.8) is 0 Å². The summed E-state index contributed by atoms with van der Waals surface area (Å²) < 4.78 is 13.1. The van der Waals surface area contributed by atoms with Crippen molar-refractivity contribution in [1.82, 2.24) is 10.6 Å². The van der Waals surface area contributed by atoms with Crippen molar-refractivity contribution < 1.29 is 4.39 Å². The third-order valence-electron chi connectivity index (χ3n) is 2.94. The number of halogens is 2. The van der Waals surface area contributed by atoms with Crippen LogP contribution in [0.1, 0.15) is 18.1 Å². The van der Waals surface area contributed by atoms with Crippen molar-refractivity contribution in [1.29, 1.82) is 0 Å². The van der Waals surface area contributed by atoms with Crippen molar-refractivity contribution in [3.8, 4) is 0 Å². The number of hydrogen-bond donors (Lipinski definition) is 2. The van der Waals surface area contributed by atoms with E-state index >= 15 is 0 Å². The maximum atomic E-state index is 13.1. The first-order chi connectivity index (χ1) is 10.3. The zero-order valence-electron chi connectivity index (χ0n) is 12.5. The number of hydrogen-bond acceptors (Lipinski definition) is 2. The summed E-state index contributed by atoms with van der Waals surface area (Å²) in [5.41, 5.74) is 2.19. The number of aliphatic imine (C=N–C) groups is 1. The van der Waals surface area contributed by atoms with Crippen molar-refractivity contribution in [2.45, 2.75) is 19.9 Å². The molecule has 1 aromatic heterocycles. The number of thiophene rings is 1. The van der Waals surface area contributed by atoms with Gasteiger partial charge in [-0.1, -0.05) is 12.1 Å². The van der Waals surface area contributed by atoms with Gasteiger partial charge in [0.1, 0.15) is 5.82 Å². The van der Waals surface area contributed by atoms with E-state index in [-0.39, 0.29) is 29.8 Å². The van der Waals surface area contributed by atoms with Gasteiger partial charge in [-0.15, -0.1) is 24.0 Å². The molecule has 3 nitrogen and oxygen atoms in total. The Morgan fingerprint density at radius 3 is 2.77 bits per heavy atom. The molecule has 0 bridgehead atoms. The second kappa shape index (κ2) is 10.6. The van der Waals surface area contributed by atoms with Crippen LogP contribution in [0.25, 0.3) is 0 Å². The van der Waals surface area contributed by atoms with Crippen LogP contribution in [0.15, 0.2) is 46.1 Å². The quantitative estimate of drug-likeness (QED) is 0.413. The highest BCUT2D eigenvalue weighted by Gasteiger charge is 1.99. The summed E-state index contributed by atoms with van der Waals surface area (Å²) in [7, 11) is 0. The van der Waals surface area contributed by atoms with Gasteiger partial charge in [-0.05, 0) is 53.4 Å². The lowest BCUT2D eigenvalue weighted by Crippen LogP contribution is -2.38. The van der Waals surface area contributed by atoms with Gasteiger partial charge in [0.25, 0.3) is 0 Å². The van der Waals surface area contributed by atoms with E-state index in [2.05, 4.69) is 32.5 Å². The first kappa shape index (κ1) is 18.9. The van der Waals surface area contributed by atoms with Crippen LogP contribution in [-0.4, -0.2) is 19.0 Å². The maximum Gasteiger partial charge on any atom is 0.191 e. The van der Waals surface area contributed by atoms with E-state index in [4.69, 9.17) is 0 Å². The normalized spacial score (nSPS) is 10.9. The Morgan fingerprint density at radius 2 is 2.09 bits per heavy atom. The summed E-state index contributed by atoms with van der Waals surface area (Å²) in [6.45, 7) is 4.24. The van der Waals surface area contributed by atoms with Crippen LogP contribution in [0.3, 0.4) is 0 Å². The molecule has 2 rings (SSSR count). The van der Waals surface area contributed by atoms with Crippen molar-refractivity contribution in [2.24, 2.45) is 4.99 Å². The van der Waals surface area contributed by atoms with Crippen LogP contribution >= 0.6 is 35.3 Å². The molecule has 1 heterocycles. The second-order valence-corrected chi connectivity index (χ2v) is 5.41. The molecule has 2 N–H and O–H groups in total. The van der Waals surface area contributed by atoms with Crippen LogP contribution < -0.4 is 10.6 Å². The number of guanidine groups is 1. The number of nitrogens with one attached hydrogen (secondary N) is 2. The van der Waals surface area contributed by atoms with Gasteiger partial charge < -0.3 is 10.6 Å². The van der Waals surface area contributed by atoms with Crippen molar-refractivity contribution >= 4 is 41.3 Å². The second-order valence-electron chi connectivity index (χ2n) is 4.63. The molecule has 0 atom stereocenters. The van der Waals surface area contributed by atoms with Crippen molar-refractivity contribution in [3.05, 3.63) is 58.0 Å². The summed E-state index contributed by atoms with van der Waals surface area (Å²) in [4.78, 5) is 4.53. The van der Waals surface area contributed by atoms with Crippen LogP contribution in [0.2, 0.25) is 0 Å². The SMILES string of the molecule is CCNC(=NCc1ccsc1)NCCc1cccc(F)c1.I. The lowest BCUT2D eigenvalue weighted by atomic mass is 10.1. The Morgan fingerprint density at radius 1 is 1.23 bits per heavy atom. The summed E-state index contributed by atoms with van der Waals surface area (Å²) in [5, 5.41) is 10.6. The van der Waals surface area contributed by atoms with Gasteiger partial charge in [-0.25, -0.2) is 9.38 Å². The smallest absolute Gasteiger partial charge is 0.191 e. The molecule has 0 unspecified atom stereocenters. The molecule has 22 heavy (non-hydrogen) atoms. The van der Waals surface area contributed by atoms with E-state index in [1.54, 1.807) is 23.5 Å². The summed E-state index contributed by atoms with van der Waals surface area (Å²) in [6, 6.07) is 8.77. The molecule has 2 aromatic rings. The predicted molar refractivity (Wildman–Crippen MR) is 103 cm³/mol. The van der Waals surface area contributed by atoms with Crippen LogP contribution in [-0.2, 0) is 13.0 Å². The third kappa shape index (κ3) is 6.74. The molecule has 0 saturated carbocycles. The largest absolute Gasteiger partial charge is 0.357 e. The minimum atomic E-state index is -0.189. The van der Waals surface area contributed by atoms with Gasteiger partial charge in [0.15, 0.2) is 5.96 Å². The van der Waals surface area contributed by atoms with Gasteiger partial charge in [-0.2, -0.15) is 11.3 Å². The highest BCUT2D eigenvalue weighted by molar-refractivity contribution is 14.0. The molecule has 1 aromatic carbocycles. The van der Waals surface area contributed by atoms with E-state index < -0.39 is 0 Å². The standard InChI is InChI=1S/C16H20FN3S.HI/c1-2-18-16(20-11-14-7-9-21-12-14)19-8-6-13-4-3-5-15(17)10-13;/h3-5,7,9-10,12H,2,6,8,11H2,1H3,(H2,18,19,20);1H. The number of benzene rings is 1. The highest BCUT2D eigenvalue weighted by atomic mass is 127. The molecule has 0 aliphatic carbocycles.